The Hall–Kier alpha value is -3.27. The molecule has 1 aromatic heterocycles. The van der Waals surface area contributed by atoms with Crippen LogP contribution >= 0.6 is 34.5 Å². The molecule has 0 aliphatic carbocycles. The molecule has 4 rings (SSSR count). The Balaban J connectivity index is 1.98. The number of hydrogen-bond donors (Lipinski definition) is 0. The molecule has 0 N–H and O–H groups in total. The summed E-state index contributed by atoms with van der Waals surface area (Å²) in [6.45, 7) is 3.43. The molecule has 0 radical (unpaired) electrons. The zero-order chi connectivity index (χ0) is 24.6. The maximum absolute atomic E-state index is 13.5. The Morgan fingerprint density at radius 2 is 2.06 bits per heavy atom. The molecular formula is C23H17Cl2N3O5S. The number of benzene rings is 2. The number of aromatic nitrogens is 1. The third kappa shape index (κ3) is 4.42. The first-order chi connectivity index (χ1) is 16.2. The Morgan fingerprint density at radius 3 is 2.74 bits per heavy atom. The summed E-state index contributed by atoms with van der Waals surface area (Å²) >= 11 is 13.4. The lowest BCUT2D eigenvalue weighted by molar-refractivity contribution is -0.384. The highest BCUT2D eigenvalue weighted by Gasteiger charge is 2.34. The Kier molecular flexibility index (Phi) is 6.70. The third-order valence-corrected chi connectivity index (χ3v) is 6.71. The first-order valence-corrected chi connectivity index (χ1v) is 11.7. The largest absolute Gasteiger partial charge is 0.463 e. The van der Waals surface area contributed by atoms with Gasteiger partial charge in [-0.15, -0.1) is 0 Å². The van der Waals surface area contributed by atoms with E-state index in [1.807, 2.05) is 0 Å². The molecule has 0 fully saturated rings. The summed E-state index contributed by atoms with van der Waals surface area (Å²) in [4.78, 5) is 42.1. The number of esters is 1. The summed E-state index contributed by atoms with van der Waals surface area (Å²) in [5.41, 5.74) is 0.914. The van der Waals surface area contributed by atoms with Crippen molar-refractivity contribution in [3.8, 4) is 0 Å². The molecule has 8 nitrogen and oxygen atoms in total. The van der Waals surface area contributed by atoms with Gasteiger partial charge < -0.3 is 4.74 Å². The van der Waals surface area contributed by atoms with E-state index in [-0.39, 0.29) is 17.9 Å². The van der Waals surface area contributed by atoms with Crippen molar-refractivity contribution in [3.63, 3.8) is 0 Å². The van der Waals surface area contributed by atoms with Crippen LogP contribution in [-0.4, -0.2) is 22.1 Å². The SMILES string of the molecule is CCOC(=O)C1=C(C)N=c2s/c(=C/c3ccc(Cl)cc3Cl)c(=O)n2[C@H]1c1cccc([N+](=O)[O-])c1. The van der Waals surface area contributed by atoms with Crippen LogP contribution in [0.1, 0.15) is 31.0 Å². The minimum atomic E-state index is -0.946. The van der Waals surface area contributed by atoms with Crippen LogP contribution < -0.4 is 14.9 Å². The van der Waals surface area contributed by atoms with Crippen molar-refractivity contribution >= 4 is 52.3 Å². The molecule has 1 aliphatic rings. The quantitative estimate of drug-likeness (QED) is 0.289. The van der Waals surface area contributed by atoms with Gasteiger partial charge in [0.15, 0.2) is 4.80 Å². The molecule has 0 saturated heterocycles. The second-order valence-corrected chi connectivity index (χ2v) is 9.17. The number of rotatable bonds is 5. The average molecular weight is 518 g/mol. The monoisotopic (exact) mass is 517 g/mol. The highest BCUT2D eigenvalue weighted by atomic mass is 35.5. The van der Waals surface area contributed by atoms with Gasteiger partial charge in [-0.05, 0) is 43.2 Å². The predicted octanol–water partition coefficient (Wildman–Crippen LogP) is 4.01. The minimum Gasteiger partial charge on any atom is -0.463 e. The number of allylic oxidation sites excluding steroid dienone is 1. The number of nitro groups is 1. The first-order valence-electron chi connectivity index (χ1n) is 10.1. The minimum absolute atomic E-state index is 0.122. The number of halogens is 2. The van der Waals surface area contributed by atoms with Crippen LogP contribution in [0.15, 0.2) is 63.5 Å². The van der Waals surface area contributed by atoms with Crippen molar-refractivity contribution in [2.24, 2.45) is 4.99 Å². The van der Waals surface area contributed by atoms with Crippen molar-refractivity contribution in [3.05, 3.63) is 105 Å². The molecule has 34 heavy (non-hydrogen) atoms. The summed E-state index contributed by atoms with van der Waals surface area (Å²) in [5, 5.41) is 12.2. The molecule has 174 valence electrons. The molecule has 0 spiro atoms. The molecule has 11 heteroatoms. The van der Waals surface area contributed by atoms with Crippen LogP contribution in [0.25, 0.3) is 6.08 Å². The fraction of sp³-hybridized carbons (Fsp3) is 0.174. The van der Waals surface area contributed by atoms with E-state index in [0.717, 1.165) is 11.3 Å². The molecule has 0 bridgehead atoms. The van der Waals surface area contributed by atoms with Gasteiger partial charge in [0.2, 0.25) is 0 Å². The fourth-order valence-corrected chi connectivity index (χ4v) is 5.18. The maximum atomic E-state index is 13.5. The molecular weight excluding hydrogens is 501 g/mol. The lowest BCUT2D eigenvalue weighted by Crippen LogP contribution is -2.40. The van der Waals surface area contributed by atoms with E-state index in [4.69, 9.17) is 27.9 Å². The molecule has 0 amide bonds. The highest BCUT2D eigenvalue weighted by molar-refractivity contribution is 7.07. The van der Waals surface area contributed by atoms with Gasteiger partial charge in [0.25, 0.3) is 11.2 Å². The van der Waals surface area contributed by atoms with Gasteiger partial charge in [0.05, 0.1) is 33.4 Å². The number of carbonyl (C=O) groups excluding carboxylic acids is 1. The van der Waals surface area contributed by atoms with Crippen molar-refractivity contribution in [2.75, 3.05) is 6.61 Å². The van der Waals surface area contributed by atoms with Gasteiger partial charge in [-0.1, -0.05) is 52.7 Å². The Bertz CT molecular complexity index is 1540. The number of ether oxygens (including phenoxy) is 1. The van der Waals surface area contributed by atoms with Crippen LogP contribution in [0, 0.1) is 10.1 Å². The number of nitrogens with zero attached hydrogens (tertiary/aromatic N) is 3. The molecule has 2 aromatic carbocycles. The lowest BCUT2D eigenvalue weighted by atomic mass is 9.95. The summed E-state index contributed by atoms with van der Waals surface area (Å²) < 4.78 is 6.91. The van der Waals surface area contributed by atoms with Gasteiger partial charge in [0, 0.05) is 22.2 Å². The number of thiazole rings is 1. The van der Waals surface area contributed by atoms with E-state index in [1.54, 1.807) is 44.2 Å². The summed E-state index contributed by atoms with van der Waals surface area (Å²) in [5.74, 6) is -0.643. The van der Waals surface area contributed by atoms with Crippen molar-refractivity contribution in [2.45, 2.75) is 19.9 Å². The number of non-ortho nitro benzene ring substituents is 1. The Morgan fingerprint density at radius 1 is 1.29 bits per heavy atom. The standard InChI is InChI=1S/C23H17Cl2N3O5S/c1-3-33-22(30)19-12(2)26-23-27(20(19)14-5-4-6-16(9-14)28(31)32)21(29)18(34-23)10-13-7-8-15(24)11-17(13)25/h4-11,20H,3H2,1-2H3/b18-10+/t20-/m0/s1. The van der Waals surface area contributed by atoms with Crippen molar-refractivity contribution in [1.82, 2.24) is 4.57 Å². The molecule has 3 aromatic rings. The van der Waals surface area contributed by atoms with Gasteiger partial charge >= 0.3 is 5.97 Å². The third-order valence-electron chi connectivity index (χ3n) is 5.16. The van der Waals surface area contributed by atoms with E-state index >= 15 is 0 Å². The van der Waals surface area contributed by atoms with E-state index in [9.17, 15) is 19.7 Å². The van der Waals surface area contributed by atoms with Crippen LogP contribution in [0.5, 0.6) is 0 Å². The summed E-state index contributed by atoms with van der Waals surface area (Å²) in [6, 6.07) is 9.80. The van der Waals surface area contributed by atoms with Crippen molar-refractivity contribution < 1.29 is 14.5 Å². The zero-order valence-electron chi connectivity index (χ0n) is 18.0. The molecule has 0 saturated carbocycles. The van der Waals surface area contributed by atoms with Crippen molar-refractivity contribution in [1.29, 1.82) is 0 Å². The van der Waals surface area contributed by atoms with Crippen LogP contribution in [0.2, 0.25) is 10.0 Å². The maximum Gasteiger partial charge on any atom is 0.338 e. The summed E-state index contributed by atoms with van der Waals surface area (Å²) in [6.07, 6.45) is 1.62. The van der Waals surface area contributed by atoms with Gasteiger partial charge in [-0.3, -0.25) is 19.5 Å². The second kappa shape index (κ2) is 9.54. The van der Waals surface area contributed by atoms with Crippen LogP contribution in [0.3, 0.4) is 0 Å². The molecule has 1 atom stereocenters. The average Bonchev–Trinajstić information content (AvgIpc) is 3.09. The van der Waals surface area contributed by atoms with Crippen LogP contribution in [0.4, 0.5) is 5.69 Å². The zero-order valence-corrected chi connectivity index (χ0v) is 20.3. The van der Waals surface area contributed by atoms with E-state index in [0.29, 0.717) is 36.2 Å². The van der Waals surface area contributed by atoms with Gasteiger partial charge in [-0.2, -0.15) is 0 Å². The smallest absolute Gasteiger partial charge is 0.338 e. The predicted molar refractivity (Wildman–Crippen MR) is 130 cm³/mol. The number of fused-ring (bicyclic) bond motifs is 1. The molecule has 2 heterocycles. The first kappa shape index (κ1) is 23.9. The Labute approximate surface area is 207 Å². The lowest BCUT2D eigenvalue weighted by Gasteiger charge is -2.24. The van der Waals surface area contributed by atoms with Gasteiger partial charge in [-0.25, -0.2) is 9.79 Å². The number of carbonyl (C=O) groups is 1. The normalized spacial score (nSPS) is 15.6. The number of hydrogen-bond acceptors (Lipinski definition) is 7. The van der Waals surface area contributed by atoms with E-state index < -0.39 is 22.5 Å². The fourth-order valence-electron chi connectivity index (χ4n) is 3.68. The second-order valence-electron chi connectivity index (χ2n) is 7.32. The molecule has 0 unspecified atom stereocenters. The summed E-state index contributed by atoms with van der Waals surface area (Å²) in [7, 11) is 0. The highest BCUT2D eigenvalue weighted by Crippen LogP contribution is 2.32. The topological polar surface area (TPSA) is 104 Å². The van der Waals surface area contributed by atoms with E-state index in [1.165, 1.54) is 22.8 Å². The van der Waals surface area contributed by atoms with E-state index in [2.05, 4.69) is 4.99 Å². The molecule has 1 aliphatic heterocycles. The van der Waals surface area contributed by atoms with Gasteiger partial charge in [0.1, 0.15) is 0 Å². The number of nitro benzene ring substituents is 1. The van der Waals surface area contributed by atoms with Crippen LogP contribution in [-0.2, 0) is 9.53 Å².